The van der Waals surface area contributed by atoms with Crippen molar-refractivity contribution in [3.05, 3.63) is 12.2 Å². The van der Waals surface area contributed by atoms with Crippen LogP contribution in [0.2, 0.25) is 0 Å². The Kier molecular flexibility index (Phi) is 4.97. The summed E-state index contributed by atoms with van der Waals surface area (Å²) in [6.07, 6.45) is 3.17. The third kappa shape index (κ3) is 3.16. The molecule has 0 aromatic carbocycles. The van der Waals surface area contributed by atoms with Crippen molar-refractivity contribution in [2.24, 2.45) is 0 Å². The Morgan fingerprint density at radius 1 is 1.41 bits per heavy atom. The molecular weight excluding hydrogens is 357 g/mol. The molecule has 0 bridgehead atoms. The third-order valence-corrected chi connectivity index (χ3v) is 5.30. The van der Waals surface area contributed by atoms with E-state index in [1.54, 1.807) is 0 Å². The first-order valence-electron chi connectivity index (χ1n) is 9.16. The van der Waals surface area contributed by atoms with E-state index in [1.807, 2.05) is 0 Å². The maximum atomic E-state index is 15.6. The van der Waals surface area contributed by atoms with Crippen molar-refractivity contribution in [3.8, 4) is 0 Å². The molecule has 0 radical (unpaired) electrons. The van der Waals surface area contributed by atoms with E-state index >= 15 is 4.39 Å². The van der Waals surface area contributed by atoms with Gasteiger partial charge in [-0.3, -0.25) is 4.57 Å². The lowest BCUT2D eigenvalue weighted by molar-refractivity contribution is -0.0462. The second-order valence-electron chi connectivity index (χ2n) is 7.13. The summed E-state index contributed by atoms with van der Waals surface area (Å²) in [5, 5.41) is 23.0. The standard InChI is InChI=1S/C17H24FN5O4/c1-26-7-12-21-15(20-10-4-2-3-5-10)13-16(22-12)23(9-19-13)17(18)8-27-11(6-24)14(17)25/h9-11,14,24-25H,2-8H2,1H3,(H,20,21,22)/t11-,14-,17-/m1/s1. The van der Waals surface area contributed by atoms with Crippen LogP contribution in [0.4, 0.5) is 10.2 Å². The van der Waals surface area contributed by atoms with Crippen LogP contribution in [0, 0.1) is 0 Å². The van der Waals surface area contributed by atoms with Gasteiger partial charge in [0.2, 0.25) is 5.79 Å². The van der Waals surface area contributed by atoms with Crippen molar-refractivity contribution in [1.29, 1.82) is 0 Å². The first-order chi connectivity index (χ1) is 13.1. The summed E-state index contributed by atoms with van der Waals surface area (Å²) < 4.78 is 27.1. The SMILES string of the molecule is COCc1nc(NC2CCCC2)c2ncn([C@]3(F)CO[C@H](CO)[C@H]3O)c2n1. The van der Waals surface area contributed by atoms with Crippen LogP contribution in [0.15, 0.2) is 6.33 Å². The number of halogens is 1. The number of nitrogens with one attached hydrogen (secondary N) is 1. The molecule has 2 aromatic rings. The molecule has 1 aliphatic carbocycles. The van der Waals surface area contributed by atoms with Gasteiger partial charge in [0, 0.05) is 13.2 Å². The number of anilines is 1. The number of ether oxygens (including phenoxy) is 2. The van der Waals surface area contributed by atoms with Crippen LogP contribution < -0.4 is 5.32 Å². The van der Waals surface area contributed by atoms with Crippen molar-refractivity contribution >= 4 is 17.0 Å². The van der Waals surface area contributed by atoms with Gasteiger partial charge in [-0.25, -0.2) is 19.3 Å². The van der Waals surface area contributed by atoms with Crippen molar-refractivity contribution in [3.63, 3.8) is 0 Å². The second kappa shape index (κ2) is 7.27. The molecule has 1 aliphatic heterocycles. The Balaban J connectivity index is 1.77. The van der Waals surface area contributed by atoms with Gasteiger partial charge < -0.3 is 25.0 Å². The average molecular weight is 381 g/mol. The molecule has 3 atom stereocenters. The molecule has 4 rings (SSSR count). The minimum Gasteiger partial charge on any atom is -0.394 e. The Labute approximate surface area is 155 Å². The summed E-state index contributed by atoms with van der Waals surface area (Å²) in [4.78, 5) is 13.2. The van der Waals surface area contributed by atoms with Crippen LogP contribution in [0.3, 0.4) is 0 Å². The van der Waals surface area contributed by atoms with Crippen molar-refractivity contribution in [1.82, 2.24) is 19.5 Å². The van der Waals surface area contributed by atoms with E-state index in [0.717, 1.165) is 25.7 Å². The molecule has 148 valence electrons. The molecule has 2 fully saturated rings. The van der Waals surface area contributed by atoms with Crippen LogP contribution in [-0.4, -0.2) is 68.3 Å². The molecule has 10 heteroatoms. The molecule has 3 heterocycles. The lowest BCUT2D eigenvalue weighted by atomic mass is 10.1. The highest BCUT2D eigenvalue weighted by Gasteiger charge is 2.52. The van der Waals surface area contributed by atoms with E-state index in [1.165, 1.54) is 18.0 Å². The molecule has 3 N–H and O–H groups in total. The van der Waals surface area contributed by atoms with Crippen molar-refractivity contribution in [2.45, 2.75) is 56.3 Å². The minimum absolute atomic E-state index is 0.165. The Bertz CT molecular complexity index is 812. The fraction of sp³-hybridized carbons (Fsp3) is 0.706. The van der Waals surface area contributed by atoms with Crippen LogP contribution in [0.1, 0.15) is 31.5 Å². The van der Waals surface area contributed by atoms with Gasteiger partial charge in [0.1, 0.15) is 25.4 Å². The molecule has 9 nitrogen and oxygen atoms in total. The maximum absolute atomic E-state index is 15.6. The van der Waals surface area contributed by atoms with Gasteiger partial charge in [-0.1, -0.05) is 12.8 Å². The number of hydrogen-bond acceptors (Lipinski definition) is 8. The number of hydrogen-bond donors (Lipinski definition) is 3. The Hall–Kier alpha value is -1.88. The summed E-state index contributed by atoms with van der Waals surface area (Å²) in [7, 11) is 1.53. The number of imidazole rings is 1. The number of rotatable bonds is 6. The molecular formula is C17H24FN5O4. The zero-order chi connectivity index (χ0) is 19.0. The van der Waals surface area contributed by atoms with Gasteiger partial charge in [-0.05, 0) is 12.8 Å². The van der Waals surface area contributed by atoms with E-state index in [4.69, 9.17) is 9.47 Å². The zero-order valence-electron chi connectivity index (χ0n) is 15.1. The molecule has 2 aromatic heterocycles. The minimum atomic E-state index is -2.27. The van der Waals surface area contributed by atoms with Gasteiger partial charge >= 0.3 is 0 Å². The van der Waals surface area contributed by atoms with Gasteiger partial charge in [-0.2, -0.15) is 0 Å². The van der Waals surface area contributed by atoms with Crippen molar-refractivity contribution in [2.75, 3.05) is 25.6 Å². The van der Waals surface area contributed by atoms with E-state index < -0.39 is 31.2 Å². The maximum Gasteiger partial charge on any atom is 0.240 e. The number of methoxy groups -OCH3 is 1. The summed E-state index contributed by atoms with van der Waals surface area (Å²) in [5.41, 5.74) is 0.680. The third-order valence-electron chi connectivity index (χ3n) is 5.30. The Morgan fingerprint density at radius 2 is 2.19 bits per heavy atom. The quantitative estimate of drug-likeness (QED) is 0.670. The number of aliphatic hydroxyl groups is 2. The number of aliphatic hydroxyl groups excluding tert-OH is 2. The topological polar surface area (TPSA) is 115 Å². The van der Waals surface area contributed by atoms with Gasteiger partial charge in [0.15, 0.2) is 22.8 Å². The molecule has 0 amide bonds. The first kappa shape index (κ1) is 18.5. The molecule has 2 aliphatic rings. The predicted octanol–water partition coefficient (Wildman–Crippen LogP) is 0.701. The lowest BCUT2D eigenvalue weighted by Gasteiger charge is -2.25. The largest absolute Gasteiger partial charge is 0.394 e. The molecule has 27 heavy (non-hydrogen) atoms. The highest BCUT2D eigenvalue weighted by Crippen LogP contribution is 2.36. The second-order valence-corrected chi connectivity index (χ2v) is 7.13. The highest BCUT2D eigenvalue weighted by atomic mass is 19.1. The number of nitrogens with zero attached hydrogens (tertiary/aromatic N) is 4. The van der Waals surface area contributed by atoms with Gasteiger partial charge in [0.25, 0.3) is 0 Å². The van der Waals surface area contributed by atoms with Gasteiger partial charge in [-0.15, -0.1) is 0 Å². The van der Waals surface area contributed by atoms with E-state index in [2.05, 4.69) is 20.3 Å². The van der Waals surface area contributed by atoms with E-state index in [9.17, 15) is 10.2 Å². The highest BCUT2D eigenvalue weighted by molar-refractivity contribution is 5.83. The van der Waals surface area contributed by atoms with E-state index in [0.29, 0.717) is 23.2 Å². The van der Waals surface area contributed by atoms with Crippen LogP contribution in [0.25, 0.3) is 11.2 Å². The number of alkyl halides is 1. The number of fused-ring (bicyclic) bond motifs is 1. The normalized spacial score (nSPS) is 29.0. The molecule has 1 saturated heterocycles. The lowest BCUT2D eigenvalue weighted by Crippen LogP contribution is -2.43. The summed E-state index contributed by atoms with van der Waals surface area (Å²) >= 11 is 0. The summed E-state index contributed by atoms with van der Waals surface area (Å²) in [6, 6.07) is 0.294. The zero-order valence-corrected chi connectivity index (χ0v) is 15.1. The first-order valence-corrected chi connectivity index (χ1v) is 9.16. The number of aromatic nitrogens is 4. The summed E-state index contributed by atoms with van der Waals surface area (Å²) in [6.45, 7) is -0.713. The fourth-order valence-corrected chi connectivity index (χ4v) is 3.82. The van der Waals surface area contributed by atoms with Crippen LogP contribution >= 0.6 is 0 Å². The monoisotopic (exact) mass is 381 g/mol. The Morgan fingerprint density at radius 3 is 2.85 bits per heavy atom. The van der Waals surface area contributed by atoms with Crippen LogP contribution in [-0.2, 0) is 21.9 Å². The predicted molar refractivity (Wildman–Crippen MR) is 93.8 cm³/mol. The van der Waals surface area contributed by atoms with Crippen molar-refractivity contribution < 1.29 is 24.1 Å². The average Bonchev–Trinajstić information content (AvgIpc) is 3.37. The summed E-state index contributed by atoms with van der Waals surface area (Å²) in [5.74, 6) is -1.35. The molecule has 0 spiro atoms. The smallest absolute Gasteiger partial charge is 0.240 e. The van der Waals surface area contributed by atoms with Gasteiger partial charge in [0.05, 0.1) is 12.9 Å². The van der Waals surface area contributed by atoms with Crippen LogP contribution in [0.5, 0.6) is 0 Å². The van der Waals surface area contributed by atoms with E-state index in [-0.39, 0.29) is 12.3 Å². The molecule has 0 unspecified atom stereocenters. The fourth-order valence-electron chi connectivity index (χ4n) is 3.82. The molecule has 1 saturated carbocycles.